The van der Waals surface area contributed by atoms with Crippen LogP contribution in [0.1, 0.15) is 25.0 Å². The van der Waals surface area contributed by atoms with E-state index in [1.807, 2.05) is 12.2 Å². The normalized spacial score (nSPS) is 27.8. The van der Waals surface area contributed by atoms with Crippen molar-refractivity contribution in [1.29, 1.82) is 0 Å². The maximum Gasteiger partial charge on any atom is 0.128 e. The Kier molecular flexibility index (Phi) is 1.92. The first-order valence-corrected chi connectivity index (χ1v) is 4.48. The summed E-state index contributed by atoms with van der Waals surface area (Å²) in [7, 11) is 1.80. The van der Waals surface area contributed by atoms with Crippen LogP contribution in [0.3, 0.4) is 0 Å². The zero-order chi connectivity index (χ0) is 9.31. The van der Waals surface area contributed by atoms with Crippen LogP contribution in [0.5, 0.6) is 0 Å². The number of nitrogens with zero attached hydrogens (tertiary/aromatic N) is 3. The fourth-order valence-electron chi connectivity index (χ4n) is 1.61. The van der Waals surface area contributed by atoms with Crippen LogP contribution in [0.15, 0.2) is 18.3 Å². The molecule has 0 aliphatic heterocycles. The van der Waals surface area contributed by atoms with E-state index in [2.05, 4.69) is 10.3 Å². The fraction of sp³-hybridized carbons (Fsp3) is 0.556. The van der Waals surface area contributed by atoms with E-state index < -0.39 is 5.60 Å². The maximum atomic E-state index is 10.2. The molecule has 1 N–H and O–H groups in total. The summed E-state index contributed by atoms with van der Waals surface area (Å²) in [6.07, 6.45) is 8.36. The van der Waals surface area contributed by atoms with Gasteiger partial charge >= 0.3 is 0 Å². The van der Waals surface area contributed by atoms with Gasteiger partial charge in [0.15, 0.2) is 0 Å². The molecule has 70 valence electrons. The maximum absolute atomic E-state index is 10.2. The molecule has 0 amide bonds. The number of allylic oxidation sites excluding steroid dienone is 1. The molecule has 0 fully saturated rings. The number of hydrogen-bond acceptors (Lipinski definition) is 3. The molecule has 0 spiro atoms. The number of hydrogen-bond donors (Lipinski definition) is 1. The molecule has 13 heavy (non-hydrogen) atoms. The lowest BCUT2D eigenvalue weighted by Gasteiger charge is -2.24. The molecule has 1 atom stereocenters. The van der Waals surface area contributed by atoms with Gasteiger partial charge in [0.25, 0.3) is 0 Å². The Balaban J connectivity index is 2.33. The molecule has 4 nitrogen and oxygen atoms in total. The molecule has 1 aromatic heterocycles. The fourth-order valence-corrected chi connectivity index (χ4v) is 1.61. The molecule has 1 heterocycles. The highest BCUT2D eigenvalue weighted by atomic mass is 16.3. The second-order valence-corrected chi connectivity index (χ2v) is 3.50. The number of aliphatic hydroxyl groups is 1. The van der Waals surface area contributed by atoms with Gasteiger partial charge in [0.1, 0.15) is 11.3 Å². The number of aryl methyl sites for hydroxylation is 1. The third-order valence-corrected chi connectivity index (χ3v) is 2.37. The monoisotopic (exact) mass is 179 g/mol. The molecule has 1 aromatic rings. The first kappa shape index (κ1) is 8.44. The van der Waals surface area contributed by atoms with E-state index in [0.29, 0.717) is 5.69 Å². The third-order valence-electron chi connectivity index (χ3n) is 2.37. The molecule has 0 saturated carbocycles. The smallest absolute Gasteiger partial charge is 0.128 e. The molecular weight excluding hydrogens is 166 g/mol. The molecule has 0 radical (unpaired) electrons. The molecule has 4 heteroatoms. The van der Waals surface area contributed by atoms with Crippen LogP contribution in [0.2, 0.25) is 0 Å². The van der Waals surface area contributed by atoms with E-state index in [1.54, 1.807) is 17.9 Å². The van der Waals surface area contributed by atoms with Crippen LogP contribution >= 0.6 is 0 Å². The van der Waals surface area contributed by atoms with Crippen molar-refractivity contribution in [3.05, 3.63) is 24.0 Å². The van der Waals surface area contributed by atoms with Crippen molar-refractivity contribution in [3.8, 4) is 0 Å². The minimum atomic E-state index is -0.882. The van der Waals surface area contributed by atoms with Gasteiger partial charge in [-0.2, -0.15) is 0 Å². The largest absolute Gasteiger partial charge is 0.379 e. The van der Waals surface area contributed by atoms with E-state index in [0.717, 1.165) is 19.3 Å². The van der Waals surface area contributed by atoms with Crippen LogP contribution < -0.4 is 0 Å². The van der Waals surface area contributed by atoms with Gasteiger partial charge in [-0.15, -0.1) is 5.10 Å². The van der Waals surface area contributed by atoms with Crippen LogP contribution in [0.25, 0.3) is 0 Å². The van der Waals surface area contributed by atoms with Gasteiger partial charge in [-0.1, -0.05) is 17.4 Å². The second kappa shape index (κ2) is 2.96. The number of aromatic nitrogens is 3. The highest BCUT2D eigenvalue weighted by Crippen LogP contribution is 2.30. The standard InChI is InChI=1S/C9H13N3O/c1-12-7-8(10-11-12)9(13)5-3-2-4-6-9/h3,5,7,13H,2,4,6H2,1H3. The van der Waals surface area contributed by atoms with E-state index in [1.165, 1.54) is 0 Å². The summed E-state index contributed by atoms with van der Waals surface area (Å²) in [6, 6.07) is 0. The quantitative estimate of drug-likeness (QED) is 0.647. The summed E-state index contributed by atoms with van der Waals surface area (Å²) in [5.41, 5.74) is -0.238. The van der Waals surface area contributed by atoms with Crippen LogP contribution in [-0.2, 0) is 12.6 Å². The summed E-state index contributed by atoms with van der Waals surface area (Å²) < 4.78 is 1.61. The number of rotatable bonds is 1. The van der Waals surface area contributed by atoms with Gasteiger partial charge in [0.2, 0.25) is 0 Å². The van der Waals surface area contributed by atoms with Crippen molar-refractivity contribution in [2.45, 2.75) is 24.9 Å². The van der Waals surface area contributed by atoms with Crippen LogP contribution in [0, 0.1) is 0 Å². The van der Waals surface area contributed by atoms with Crippen molar-refractivity contribution in [2.75, 3.05) is 0 Å². The summed E-state index contributed by atoms with van der Waals surface area (Å²) in [4.78, 5) is 0. The van der Waals surface area contributed by atoms with E-state index >= 15 is 0 Å². The average Bonchev–Trinajstić information content (AvgIpc) is 2.54. The Morgan fingerprint density at radius 1 is 1.62 bits per heavy atom. The van der Waals surface area contributed by atoms with E-state index in [4.69, 9.17) is 0 Å². The lowest BCUT2D eigenvalue weighted by atomic mass is 9.89. The third kappa shape index (κ3) is 1.49. The Morgan fingerprint density at radius 3 is 3.00 bits per heavy atom. The van der Waals surface area contributed by atoms with Crippen molar-refractivity contribution in [1.82, 2.24) is 15.0 Å². The van der Waals surface area contributed by atoms with Crippen molar-refractivity contribution in [2.24, 2.45) is 7.05 Å². The molecule has 1 unspecified atom stereocenters. The summed E-state index contributed by atoms with van der Waals surface area (Å²) >= 11 is 0. The highest BCUT2D eigenvalue weighted by molar-refractivity contribution is 5.18. The van der Waals surface area contributed by atoms with Gasteiger partial charge < -0.3 is 5.11 Å². The summed E-state index contributed by atoms with van der Waals surface area (Å²) in [5, 5.41) is 17.9. The lowest BCUT2D eigenvalue weighted by molar-refractivity contribution is 0.0680. The van der Waals surface area contributed by atoms with E-state index in [9.17, 15) is 5.11 Å². The zero-order valence-electron chi connectivity index (χ0n) is 7.64. The topological polar surface area (TPSA) is 50.9 Å². The van der Waals surface area contributed by atoms with Crippen molar-refractivity contribution in [3.63, 3.8) is 0 Å². The van der Waals surface area contributed by atoms with Gasteiger partial charge in [0.05, 0.1) is 6.20 Å². The predicted octanol–water partition coefficient (Wildman–Crippen LogP) is 0.743. The Bertz CT molecular complexity index is 331. The second-order valence-electron chi connectivity index (χ2n) is 3.50. The van der Waals surface area contributed by atoms with Crippen molar-refractivity contribution < 1.29 is 5.11 Å². The molecule has 1 aliphatic carbocycles. The Hall–Kier alpha value is -1.16. The van der Waals surface area contributed by atoms with Crippen LogP contribution in [-0.4, -0.2) is 20.1 Å². The summed E-state index contributed by atoms with van der Waals surface area (Å²) in [5.74, 6) is 0. The molecule has 1 aliphatic rings. The minimum absolute atomic E-state index is 0.644. The van der Waals surface area contributed by atoms with Gasteiger partial charge in [0, 0.05) is 7.05 Å². The van der Waals surface area contributed by atoms with Gasteiger partial charge in [-0.25, -0.2) is 0 Å². The molecule has 0 aromatic carbocycles. The Morgan fingerprint density at radius 2 is 2.46 bits per heavy atom. The summed E-state index contributed by atoms with van der Waals surface area (Å²) in [6.45, 7) is 0. The SMILES string of the molecule is Cn1cc(C2(O)C=CCCC2)nn1. The predicted molar refractivity (Wildman–Crippen MR) is 47.9 cm³/mol. The lowest BCUT2D eigenvalue weighted by Crippen LogP contribution is -2.25. The van der Waals surface area contributed by atoms with Gasteiger partial charge in [-0.3, -0.25) is 4.68 Å². The molecular formula is C9H13N3O. The van der Waals surface area contributed by atoms with Crippen molar-refractivity contribution >= 4 is 0 Å². The van der Waals surface area contributed by atoms with Gasteiger partial charge in [-0.05, 0) is 19.3 Å². The average molecular weight is 179 g/mol. The first-order valence-electron chi connectivity index (χ1n) is 4.48. The molecule has 0 bridgehead atoms. The van der Waals surface area contributed by atoms with Crippen LogP contribution in [0.4, 0.5) is 0 Å². The first-order chi connectivity index (χ1) is 6.21. The highest BCUT2D eigenvalue weighted by Gasteiger charge is 2.30. The zero-order valence-corrected chi connectivity index (χ0v) is 7.64. The molecule has 0 saturated heterocycles. The minimum Gasteiger partial charge on any atom is -0.379 e. The molecule has 2 rings (SSSR count). The Labute approximate surface area is 76.9 Å². The van der Waals surface area contributed by atoms with E-state index in [-0.39, 0.29) is 0 Å².